The van der Waals surface area contributed by atoms with Crippen LogP contribution in [0.2, 0.25) is 0 Å². The molecule has 0 spiro atoms. The third kappa shape index (κ3) is 2.47. The van der Waals surface area contributed by atoms with E-state index in [9.17, 15) is 9.59 Å². The molecular formula is C16H18N4O2. The molecule has 0 bridgehead atoms. The summed E-state index contributed by atoms with van der Waals surface area (Å²) in [5, 5.41) is 0. The monoisotopic (exact) mass is 298 g/mol. The molecule has 0 radical (unpaired) electrons. The summed E-state index contributed by atoms with van der Waals surface area (Å²) in [4.78, 5) is 32.3. The Labute approximate surface area is 129 Å². The Morgan fingerprint density at radius 3 is 2.73 bits per heavy atom. The number of carbonyl (C=O) groups excluding carboxylic acids is 2. The molecule has 1 aliphatic heterocycles. The molecule has 0 aliphatic carbocycles. The van der Waals surface area contributed by atoms with Gasteiger partial charge < -0.3 is 14.4 Å². The van der Waals surface area contributed by atoms with E-state index in [2.05, 4.69) is 4.98 Å². The lowest BCUT2D eigenvalue weighted by atomic mass is 10.2. The van der Waals surface area contributed by atoms with E-state index in [1.807, 2.05) is 30.3 Å². The zero-order valence-corrected chi connectivity index (χ0v) is 12.7. The molecule has 1 aliphatic rings. The number of nitrogens with zero attached hydrogens (tertiary/aromatic N) is 4. The summed E-state index contributed by atoms with van der Waals surface area (Å²) >= 11 is 0. The molecular weight excluding hydrogens is 280 g/mol. The Bertz CT molecular complexity index is 708. The van der Waals surface area contributed by atoms with E-state index in [1.165, 1.54) is 0 Å². The van der Waals surface area contributed by atoms with Crippen LogP contribution in [0.25, 0.3) is 0 Å². The fraction of sp³-hybridized carbons (Fsp3) is 0.312. The molecule has 6 heteroatoms. The van der Waals surface area contributed by atoms with E-state index in [-0.39, 0.29) is 17.5 Å². The van der Waals surface area contributed by atoms with Gasteiger partial charge in [0.15, 0.2) is 5.69 Å². The van der Waals surface area contributed by atoms with Crippen LogP contribution in [0.15, 0.2) is 36.7 Å². The van der Waals surface area contributed by atoms with Crippen LogP contribution in [0.3, 0.4) is 0 Å². The van der Waals surface area contributed by atoms with E-state index in [4.69, 9.17) is 0 Å². The van der Waals surface area contributed by atoms with Gasteiger partial charge in [0.1, 0.15) is 5.69 Å². The van der Waals surface area contributed by atoms with Gasteiger partial charge in [-0.15, -0.1) is 0 Å². The van der Waals surface area contributed by atoms with Gasteiger partial charge in [0, 0.05) is 33.7 Å². The molecule has 2 aromatic rings. The number of aromatic nitrogens is 2. The second kappa shape index (κ2) is 5.63. The lowest BCUT2D eigenvalue weighted by molar-refractivity contribution is 0.0719. The Morgan fingerprint density at radius 1 is 1.27 bits per heavy atom. The van der Waals surface area contributed by atoms with E-state index >= 15 is 0 Å². The molecule has 0 fully saturated rings. The molecule has 1 aromatic heterocycles. The Balaban J connectivity index is 1.84. The average Bonchev–Trinajstić information content (AvgIpc) is 2.96. The normalized spacial score (nSPS) is 13.9. The number of carbonyl (C=O) groups is 2. The SMILES string of the molecule is CN(Cc1ccccc1)C(=O)c1ncn2c1C(=O)N(C)CC2. The Morgan fingerprint density at radius 2 is 2.00 bits per heavy atom. The van der Waals surface area contributed by atoms with Crippen molar-refractivity contribution in [3.05, 3.63) is 53.6 Å². The summed E-state index contributed by atoms with van der Waals surface area (Å²) in [6.07, 6.45) is 1.57. The van der Waals surface area contributed by atoms with Crippen molar-refractivity contribution in [1.82, 2.24) is 19.4 Å². The third-order valence-electron chi connectivity index (χ3n) is 3.88. The molecule has 2 heterocycles. The van der Waals surface area contributed by atoms with Gasteiger partial charge in [-0.2, -0.15) is 0 Å². The van der Waals surface area contributed by atoms with Gasteiger partial charge in [0.05, 0.1) is 6.33 Å². The van der Waals surface area contributed by atoms with E-state index in [1.54, 1.807) is 34.8 Å². The number of rotatable bonds is 3. The first kappa shape index (κ1) is 14.3. The summed E-state index contributed by atoms with van der Waals surface area (Å²) in [5.41, 5.74) is 1.66. The lowest BCUT2D eigenvalue weighted by Crippen LogP contribution is -2.39. The number of fused-ring (bicyclic) bond motifs is 1. The second-order valence-electron chi connectivity index (χ2n) is 5.51. The molecule has 1 aromatic carbocycles. The first-order valence-electron chi connectivity index (χ1n) is 7.18. The minimum absolute atomic E-state index is 0.153. The molecule has 0 saturated heterocycles. The van der Waals surface area contributed by atoms with Crippen LogP contribution < -0.4 is 0 Å². The number of benzene rings is 1. The number of hydrogen-bond donors (Lipinski definition) is 0. The van der Waals surface area contributed by atoms with Gasteiger partial charge in [0.25, 0.3) is 11.8 Å². The van der Waals surface area contributed by atoms with E-state index in [0.29, 0.717) is 25.3 Å². The highest BCUT2D eigenvalue weighted by molar-refractivity contribution is 6.05. The maximum absolute atomic E-state index is 12.6. The topological polar surface area (TPSA) is 58.4 Å². The number of hydrogen-bond acceptors (Lipinski definition) is 3. The maximum atomic E-state index is 12.6. The van der Waals surface area contributed by atoms with Gasteiger partial charge in [-0.05, 0) is 5.56 Å². The first-order valence-corrected chi connectivity index (χ1v) is 7.18. The van der Waals surface area contributed by atoms with E-state index in [0.717, 1.165) is 5.56 Å². The van der Waals surface area contributed by atoms with Crippen molar-refractivity contribution in [3.63, 3.8) is 0 Å². The van der Waals surface area contributed by atoms with Crippen LogP contribution in [0, 0.1) is 0 Å². The molecule has 0 N–H and O–H groups in total. The largest absolute Gasteiger partial charge is 0.339 e. The summed E-state index contributed by atoms with van der Waals surface area (Å²) in [7, 11) is 3.46. The minimum atomic E-state index is -0.235. The molecule has 2 amide bonds. The average molecular weight is 298 g/mol. The fourth-order valence-electron chi connectivity index (χ4n) is 2.58. The van der Waals surface area contributed by atoms with Crippen molar-refractivity contribution in [3.8, 4) is 0 Å². The van der Waals surface area contributed by atoms with Crippen molar-refractivity contribution >= 4 is 11.8 Å². The molecule has 3 rings (SSSR count). The van der Waals surface area contributed by atoms with Crippen molar-refractivity contribution in [1.29, 1.82) is 0 Å². The molecule has 0 atom stereocenters. The summed E-state index contributed by atoms with van der Waals surface area (Å²) < 4.78 is 1.76. The predicted octanol–water partition coefficient (Wildman–Crippen LogP) is 1.24. The highest BCUT2D eigenvalue weighted by Gasteiger charge is 2.30. The highest BCUT2D eigenvalue weighted by Crippen LogP contribution is 2.17. The Kier molecular flexibility index (Phi) is 3.66. The molecule has 0 unspecified atom stereocenters. The summed E-state index contributed by atoms with van der Waals surface area (Å²) in [6, 6.07) is 9.73. The van der Waals surface area contributed by atoms with Crippen molar-refractivity contribution < 1.29 is 9.59 Å². The van der Waals surface area contributed by atoms with Gasteiger partial charge in [-0.1, -0.05) is 30.3 Å². The van der Waals surface area contributed by atoms with Crippen molar-refractivity contribution in [2.45, 2.75) is 13.1 Å². The highest BCUT2D eigenvalue weighted by atomic mass is 16.2. The second-order valence-corrected chi connectivity index (χ2v) is 5.51. The molecule has 0 saturated carbocycles. The van der Waals surface area contributed by atoms with Crippen LogP contribution >= 0.6 is 0 Å². The zero-order valence-electron chi connectivity index (χ0n) is 12.7. The van der Waals surface area contributed by atoms with Gasteiger partial charge >= 0.3 is 0 Å². The minimum Gasteiger partial charge on any atom is -0.339 e. The van der Waals surface area contributed by atoms with Crippen LogP contribution in [0.4, 0.5) is 0 Å². The molecule has 114 valence electrons. The van der Waals surface area contributed by atoms with Crippen LogP contribution in [0.1, 0.15) is 26.5 Å². The van der Waals surface area contributed by atoms with Gasteiger partial charge in [-0.25, -0.2) is 4.98 Å². The quantitative estimate of drug-likeness (QED) is 0.856. The Hall–Kier alpha value is -2.63. The lowest BCUT2D eigenvalue weighted by Gasteiger charge is -2.25. The number of likely N-dealkylation sites (N-methyl/N-ethyl adjacent to an activating group) is 1. The molecule has 22 heavy (non-hydrogen) atoms. The molecule has 6 nitrogen and oxygen atoms in total. The standard InChI is InChI=1S/C16H18N4O2/c1-18-8-9-20-11-17-13(14(20)16(18)22)15(21)19(2)10-12-6-4-3-5-7-12/h3-7,11H,8-10H2,1-2H3. The number of amides is 2. The van der Waals surface area contributed by atoms with Crippen molar-refractivity contribution in [2.24, 2.45) is 0 Å². The number of imidazole rings is 1. The summed E-state index contributed by atoms with van der Waals surface area (Å²) in [5.74, 6) is -0.388. The fourth-order valence-corrected chi connectivity index (χ4v) is 2.58. The van der Waals surface area contributed by atoms with Gasteiger partial charge in [-0.3, -0.25) is 9.59 Å². The third-order valence-corrected chi connectivity index (χ3v) is 3.88. The maximum Gasteiger partial charge on any atom is 0.274 e. The smallest absolute Gasteiger partial charge is 0.274 e. The van der Waals surface area contributed by atoms with Crippen molar-refractivity contribution in [2.75, 3.05) is 20.6 Å². The predicted molar refractivity (Wildman–Crippen MR) is 81.4 cm³/mol. The van der Waals surface area contributed by atoms with Crippen LogP contribution in [-0.2, 0) is 13.1 Å². The van der Waals surface area contributed by atoms with Gasteiger partial charge in [0.2, 0.25) is 0 Å². The van der Waals surface area contributed by atoms with Crippen LogP contribution in [-0.4, -0.2) is 51.8 Å². The first-order chi connectivity index (χ1) is 10.6. The summed E-state index contributed by atoms with van der Waals surface area (Å²) in [6.45, 7) is 1.78. The van der Waals surface area contributed by atoms with Crippen LogP contribution in [0.5, 0.6) is 0 Å². The zero-order chi connectivity index (χ0) is 15.7. The van der Waals surface area contributed by atoms with E-state index < -0.39 is 0 Å².